The molecule has 5 heterocycles. The number of nitrogens with zero attached hydrogens (tertiary/aromatic N) is 6. The molecule has 8 nitrogen and oxygen atoms in total. The lowest BCUT2D eigenvalue weighted by Crippen LogP contribution is -2.45. The molecular weight excluding hydrogens is 373 g/mol. The molecule has 2 aliphatic rings. The Morgan fingerprint density at radius 2 is 2.28 bits per heavy atom. The van der Waals surface area contributed by atoms with E-state index in [0.29, 0.717) is 22.7 Å². The highest BCUT2D eigenvalue weighted by atomic mass is 19.1. The molecule has 0 spiro atoms. The highest BCUT2D eigenvalue weighted by molar-refractivity contribution is 5.99. The minimum atomic E-state index is -2.60. The van der Waals surface area contributed by atoms with Crippen LogP contribution in [0, 0.1) is 5.82 Å². The molecule has 3 aromatic heterocycles. The third-order valence-corrected chi connectivity index (χ3v) is 5.63. The van der Waals surface area contributed by atoms with Crippen molar-refractivity contribution in [3.8, 4) is 0 Å². The molecule has 9 heteroatoms. The van der Waals surface area contributed by atoms with Crippen LogP contribution in [0.25, 0.3) is 5.65 Å². The van der Waals surface area contributed by atoms with Crippen molar-refractivity contribution >= 4 is 17.4 Å². The lowest BCUT2D eigenvalue weighted by Gasteiger charge is -2.29. The van der Waals surface area contributed by atoms with E-state index in [-0.39, 0.29) is 18.0 Å². The van der Waals surface area contributed by atoms with Crippen molar-refractivity contribution in [2.24, 2.45) is 0 Å². The van der Waals surface area contributed by atoms with Crippen molar-refractivity contribution in [1.29, 1.82) is 0 Å². The molecule has 1 amide bonds. The van der Waals surface area contributed by atoms with Gasteiger partial charge in [0.15, 0.2) is 5.65 Å². The minimum Gasteiger partial charge on any atom is -0.349 e. The zero-order valence-corrected chi connectivity index (χ0v) is 15.8. The van der Waals surface area contributed by atoms with Crippen LogP contribution in [0.5, 0.6) is 0 Å². The molecule has 0 aliphatic carbocycles. The van der Waals surface area contributed by atoms with Gasteiger partial charge in [-0.15, -0.1) is 0 Å². The van der Waals surface area contributed by atoms with Gasteiger partial charge < -0.3 is 4.90 Å². The van der Waals surface area contributed by atoms with Gasteiger partial charge in [-0.3, -0.25) is 15.2 Å². The van der Waals surface area contributed by atoms with Crippen LogP contribution < -0.4 is 10.3 Å². The summed E-state index contributed by atoms with van der Waals surface area (Å²) < 4.78 is 39.6. The Morgan fingerprint density at radius 1 is 1.38 bits per heavy atom. The van der Waals surface area contributed by atoms with Gasteiger partial charge in [0.25, 0.3) is 5.91 Å². The fourth-order valence-electron chi connectivity index (χ4n) is 4.14. The topological polar surface area (TPSA) is 78.7 Å². The molecule has 0 saturated carbocycles. The first-order valence-corrected chi connectivity index (χ1v) is 9.58. The van der Waals surface area contributed by atoms with Crippen molar-refractivity contribution in [2.75, 3.05) is 18.4 Å². The first-order valence-electron chi connectivity index (χ1n) is 11.1. The number of hydrogen-bond acceptors (Lipinski definition) is 6. The summed E-state index contributed by atoms with van der Waals surface area (Å²) in [5.74, 6) is -0.420. The fourth-order valence-corrected chi connectivity index (χ4v) is 4.14. The summed E-state index contributed by atoms with van der Waals surface area (Å²) in [6, 6.07) is 2.48. The number of nitrogens with one attached hydrogen (secondary N) is 1. The molecule has 150 valence electrons. The van der Waals surface area contributed by atoms with E-state index in [9.17, 15) is 9.18 Å². The van der Waals surface area contributed by atoms with Crippen LogP contribution >= 0.6 is 0 Å². The highest BCUT2D eigenvalue weighted by Gasteiger charge is 2.31. The number of carbonyl (C=O) groups is 1. The highest BCUT2D eigenvalue weighted by Crippen LogP contribution is 2.37. The number of likely N-dealkylation sites (N-methyl/N-ethyl adjacent to an activating group) is 1. The Hall–Kier alpha value is -3.07. The summed E-state index contributed by atoms with van der Waals surface area (Å²) in [6.45, 7) is -0.188. The van der Waals surface area contributed by atoms with Crippen LogP contribution in [0.1, 0.15) is 51.5 Å². The Kier molecular flexibility index (Phi) is 3.47. The van der Waals surface area contributed by atoms with Crippen molar-refractivity contribution < 1.29 is 13.3 Å². The summed E-state index contributed by atoms with van der Waals surface area (Å²) in [6.07, 6.45) is 6.11. The van der Waals surface area contributed by atoms with E-state index in [0.717, 1.165) is 30.6 Å². The average Bonchev–Trinajstić information content (AvgIpc) is 3.38. The van der Waals surface area contributed by atoms with E-state index in [1.165, 1.54) is 16.8 Å². The summed E-state index contributed by atoms with van der Waals surface area (Å²) in [5.41, 5.74) is 4.32. The smallest absolute Gasteiger partial charge is 0.271 e. The van der Waals surface area contributed by atoms with Crippen molar-refractivity contribution in [2.45, 2.75) is 38.3 Å². The number of pyridine rings is 1. The number of rotatable bonds is 0. The van der Waals surface area contributed by atoms with E-state index in [2.05, 4.69) is 25.4 Å². The van der Waals surface area contributed by atoms with Crippen LogP contribution in [-0.4, -0.2) is 50.1 Å². The first-order chi connectivity index (χ1) is 15.2. The second-order valence-corrected chi connectivity index (χ2v) is 7.52. The van der Waals surface area contributed by atoms with Gasteiger partial charge in [-0.25, -0.2) is 18.9 Å². The third kappa shape index (κ3) is 3.02. The Bertz CT molecular complexity index is 1200. The normalized spacial score (nSPS) is 24.6. The summed E-state index contributed by atoms with van der Waals surface area (Å²) in [4.78, 5) is 24.1. The molecule has 0 radical (unpaired) electrons. The van der Waals surface area contributed by atoms with E-state index < -0.39 is 24.7 Å². The van der Waals surface area contributed by atoms with Crippen molar-refractivity contribution in [1.82, 2.24) is 30.0 Å². The SMILES string of the molecule is [2H]C([2H])([2H])N1NC(=O)c2cnn3ccc(nc23)N2CCC[C@@H]2c2cc(F)cnc2C[C@H]1C. The quantitative estimate of drug-likeness (QED) is 0.625. The van der Waals surface area contributed by atoms with Gasteiger partial charge in [0, 0.05) is 42.0 Å². The maximum absolute atomic E-state index is 14.2. The van der Waals surface area contributed by atoms with E-state index in [1.54, 1.807) is 13.1 Å². The summed E-state index contributed by atoms with van der Waals surface area (Å²) in [7, 11) is 0. The van der Waals surface area contributed by atoms with Gasteiger partial charge in [-0.1, -0.05) is 0 Å². The molecule has 0 unspecified atom stereocenters. The zero-order chi connectivity index (χ0) is 22.6. The number of halogens is 1. The lowest BCUT2D eigenvalue weighted by atomic mass is 9.98. The van der Waals surface area contributed by atoms with Gasteiger partial charge in [0.1, 0.15) is 17.2 Å². The van der Waals surface area contributed by atoms with Crippen LogP contribution in [0.3, 0.4) is 0 Å². The van der Waals surface area contributed by atoms with Crippen molar-refractivity contribution in [3.05, 3.63) is 53.4 Å². The predicted octanol–water partition coefficient (Wildman–Crippen LogP) is 2.13. The molecule has 3 aromatic rings. The third-order valence-electron chi connectivity index (χ3n) is 5.63. The van der Waals surface area contributed by atoms with Gasteiger partial charge in [0.2, 0.25) is 0 Å². The Morgan fingerprint density at radius 3 is 3.14 bits per heavy atom. The Labute approximate surface area is 171 Å². The van der Waals surface area contributed by atoms with Gasteiger partial charge >= 0.3 is 0 Å². The number of anilines is 1. The van der Waals surface area contributed by atoms with Crippen LogP contribution in [0.15, 0.2) is 30.7 Å². The number of amides is 1. The monoisotopic (exact) mass is 398 g/mol. The molecule has 29 heavy (non-hydrogen) atoms. The molecular formula is C20H22FN7O. The Balaban J connectivity index is 1.72. The first kappa shape index (κ1) is 14.9. The largest absolute Gasteiger partial charge is 0.349 e. The van der Waals surface area contributed by atoms with Crippen LogP contribution in [-0.2, 0) is 6.42 Å². The number of hydrazine groups is 1. The fraction of sp³-hybridized carbons (Fsp3) is 0.400. The predicted molar refractivity (Wildman–Crippen MR) is 105 cm³/mol. The molecule has 1 saturated heterocycles. The molecule has 0 aromatic carbocycles. The minimum absolute atomic E-state index is 0.160. The number of carbonyl (C=O) groups excluding carboxylic acids is 1. The zero-order valence-electron chi connectivity index (χ0n) is 18.8. The second kappa shape index (κ2) is 6.77. The molecule has 1 N–H and O–H groups in total. The maximum Gasteiger partial charge on any atom is 0.271 e. The van der Waals surface area contributed by atoms with Gasteiger partial charge in [0.05, 0.1) is 18.4 Å². The number of aromatic nitrogens is 4. The van der Waals surface area contributed by atoms with Crippen LogP contribution in [0.2, 0.25) is 0 Å². The van der Waals surface area contributed by atoms with E-state index in [1.807, 2.05) is 6.07 Å². The van der Waals surface area contributed by atoms with Crippen LogP contribution in [0.4, 0.5) is 10.2 Å². The molecule has 2 aliphatic heterocycles. The average molecular weight is 398 g/mol. The molecule has 2 bridgehead atoms. The van der Waals surface area contributed by atoms with E-state index in [4.69, 9.17) is 4.11 Å². The molecule has 1 fully saturated rings. The molecule has 2 atom stereocenters. The van der Waals surface area contributed by atoms with E-state index >= 15 is 0 Å². The standard InChI is InChI=1S/C20H22FN7O/c1-12-8-16-14(9-13(21)10-22-16)17-4-3-6-27(17)18-5-7-28-19(24-18)15(11-23-28)20(29)25-26(12)2/h5,7,9-12,17H,3-4,6,8H2,1-2H3,(H,25,29)/t12-,17-/m1/s1/i2D3. The van der Waals surface area contributed by atoms with Crippen molar-refractivity contribution in [3.63, 3.8) is 0 Å². The lowest BCUT2D eigenvalue weighted by molar-refractivity contribution is 0.0773. The number of fused-ring (bicyclic) bond motifs is 5. The molecule has 5 rings (SSSR count). The maximum atomic E-state index is 14.2. The van der Waals surface area contributed by atoms with Gasteiger partial charge in [-0.2, -0.15) is 5.10 Å². The summed E-state index contributed by atoms with van der Waals surface area (Å²) >= 11 is 0. The summed E-state index contributed by atoms with van der Waals surface area (Å²) in [5, 5.41) is 5.12. The van der Waals surface area contributed by atoms with Gasteiger partial charge in [-0.05, 0) is 37.5 Å². The second-order valence-electron chi connectivity index (χ2n) is 7.52. The number of hydrogen-bond donors (Lipinski definition) is 1.